The summed E-state index contributed by atoms with van der Waals surface area (Å²) in [5.41, 5.74) is 3.50. The predicted octanol–water partition coefficient (Wildman–Crippen LogP) is 4.57. The van der Waals surface area contributed by atoms with Gasteiger partial charge >= 0.3 is 0 Å². The molecule has 1 aromatic heterocycles. The van der Waals surface area contributed by atoms with Crippen LogP contribution in [0, 0.1) is 6.92 Å². The van der Waals surface area contributed by atoms with Gasteiger partial charge in [0.25, 0.3) is 5.91 Å². The number of halogens is 1. The highest BCUT2D eigenvalue weighted by molar-refractivity contribution is 9.10. The van der Waals surface area contributed by atoms with E-state index in [2.05, 4.69) is 27.3 Å². The van der Waals surface area contributed by atoms with Gasteiger partial charge in [-0.3, -0.25) is 4.79 Å². The van der Waals surface area contributed by atoms with Gasteiger partial charge in [-0.15, -0.1) is 0 Å². The molecule has 28 heavy (non-hydrogen) atoms. The first kappa shape index (κ1) is 18.5. The van der Waals surface area contributed by atoms with Gasteiger partial charge < -0.3 is 20.1 Å². The highest BCUT2D eigenvalue weighted by Crippen LogP contribution is 2.32. The molecule has 0 aliphatic rings. The molecular formula is C22H19BrN2O3. The minimum Gasteiger partial charge on any atom is -0.508 e. The molecule has 0 aliphatic carbocycles. The molecule has 0 saturated carbocycles. The Kier molecular flexibility index (Phi) is 4.83. The van der Waals surface area contributed by atoms with Crippen LogP contribution in [0.25, 0.3) is 21.8 Å². The molecule has 1 heterocycles. The first-order valence-corrected chi connectivity index (χ1v) is 9.68. The number of carbonyl (C=O) groups excluding carboxylic acids is 1. The van der Waals surface area contributed by atoms with Crippen LogP contribution in [0.2, 0.25) is 0 Å². The van der Waals surface area contributed by atoms with Crippen molar-refractivity contribution in [3.63, 3.8) is 0 Å². The van der Waals surface area contributed by atoms with E-state index in [0.717, 1.165) is 31.8 Å². The lowest BCUT2D eigenvalue weighted by Crippen LogP contribution is -2.31. The van der Waals surface area contributed by atoms with Crippen molar-refractivity contribution in [1.82, 2.24) is 4.57 Å². The number of phenols is 1. The van der Waals surface area contributed by atoms with Crippen LogP contribution in [0.3, 0.4) is 0 Å². The van der Waals surface area contributed by atoms with Gasteiger partial charge in [-0.1, -0.05) is 33.6 Å². The molecule has 0 aliphatic heterocycles. The zero-order valence-corrected chi connectivity index (χ0v) is 16.8. The third-order valence-corrected chi connectivity index (χ3v) is 5.25. The molecule has 0 bridgehead atoms. The zero-order chi connectivity index (χ0) is 19.8. The normalized spacial score (nSPS) is 12.4. The number of aromatic hydroxyl groups is 1. The van der Waals surface area contributed by atoms with Crippen LogP contribution >= 0.6 is 15.9 Å². The second kappa shape index (κ2) is 7.30. The van der Waals surface area contributed by atoms with Crippen LogP contribution in [-0.4, -0.2) is 26.8 Å². The van der Waals surface area contributed by atoms with Gasteiger partial charge in [0.2, 0.25) is 0 Å². The molecule has 3 N–H and O–H groups in total. The highest BCUT2D eigenvalue weighted by atomic mass is 79.9. The van der Waals surface area contributed by atoms with Crippen LogP contribution < -0.4 is 5.32 Å². The summed E-state index contributed by atoms with van der Waals surface area (Å²) in [6, 6.07) is 18.4. The summed E-state index contributed by atoms with van der Waals surface area (Å²) < 4.78 is 2.94. The van der Waals surface area contributed by atoms with Gasteiger partial charge in [0, 0.05) is 38.0 Å². The van der Waals surface area contributed by atoms with Crippen molar-refractivity contribution in [2.75, 3.05) is 5.32 Å². The Hall–Kier alpha value is -2.83. The number of carbonyl (C=O) groups is 1. The van der Waals surface area contributed by atoms with E-state index in [1.165, 1.54) is 12.1 Å². The summed E-state index contributed by atoms with van der Waals surface area (Å²) in [4.78, 5) is 12.5. The van der Waals surface area contributed by atoms with Crippen molar-refractivity contribution in [1.29, 1.82) is 0 Å². The number of hydrogen-bond donors (Lipinski definition) is 3. The average Bonchev–Trinajstić information content (AvgIpc) is 2.94. The van der Waals surface area contributed by atoms with Crippen LogP contribution in [0.1, 0.15) is 5.56 Å². The first-order chi connectivity index (χ1) is 13.4. The number of phenolic OH excluding ortho intramolecular Hbond substituents is 1. The molecule has 1 unspecified atom stereocenters. The summed E-state index contributed by atoms with van der Waals surface area (Å²) in [5, 5.41) is 24.9. The quantitative estimate of drug-likeness (QED) is 0.436. The third-order valence-electron chi connectivity index (χ3n) is 4.75. The van der Waals surface area contributed by atoms with Crippen LogP contribution in [0.5, 0.6) is 5.75 Å². The number of benzene rings is 3. The van der Waals surface area contributed by atoms with E-state index >= 15 is 0 Å². The molecule has 1 atom stereocenters. The summed E-state index contributed by atoms with van der Waals surface area (Å²) in [5.74, 6) is -0.472. The Morgan fingerprint density at radius 2 is 1.79 bits per heavy atom. The number of fused-ring (bicyclic) bond motifs is 3. The maximum atomic E-state index is 12.5. The van der Waals surface area contributed by atoms with Crippen LogP contribution in [-0.2, 0) is 11.3 Å². The molecule has 4 rings (SSSR count). The monoisotopic (exact) mass is 438 g/mol. The van der Waals surface area contributed by atoms with Crippen LogP contribution in [0.15, 0.2) is 65.1 Å². The van der Waals surface area contributed by atoms with E-state index in [1.54, 1.807) is 12.1 Å². The number of aliphatic hydroxyl groups is 1. The first-order valence-electron chi connectivity index (χ1n) is 8.88. The molecule has 1 amide bonds. The number of aromatic nitrogens is 1. The fourth-order valence-electron chi connectivity index (χ4n) is 3.45. The van der Waals surface area contributed by atoms with Crippen molar-refractivity contribution in [3.8, 4) is 5.75 Å². The Morgan fingerprint density at radius 3 is 2.54 bits per heavy atom. The van der Waals surface area contributed by atoms with Gasteiger partial charge in [0.1, 0.15) is 5.75 Å². The van der Waals surface area contributed by atoms with Gasteiger partial charge in [-0.2, -0.15) is 0 Å². The average molecular weight is 439 g/mol. The Morgan fingerprint density at radius 1 is 1.07 bits per heavy atom. The molecule has 0 fully saturated rings. The van der Waals surface area contributed by atoms with E-state index in [-0.39, 0.29) is 12.3 Å². The fraction of sp³-hybridized carbons (Fsp3) is 0.136. The van der Waals surface area contributed by atoms with Crippen molar-refractivity contribution >= 4 is 49.3 Å². The van der Waals surface area contributed by atoms with E-state index in [4.69, 9.17) is 0 Å². The molecule has 0 saturated heterocycles. The summed E-state index contributed by atoms with van der Waals surface area (Å²) >= 11 is 3.52. The predicted molar refractivity (Wildman–Crippen MR) is 115 cm³/mol. The number of aliphatic hydroxyl groups excluding tert-OH is 1. The molecule has 6 heteroatoms. The molecule has 0 radical (unpaired) electrons. The highest BCUT2D eigenvalue weighted by Gasteiger charge is 2.19. The number of nitrogens with one attached hydrogen (secondary N) is 1. The molecule has 4 aromatic rings. The maximum Gasteiger partial charge on any atom is 0.255 e. The second-order valence-corrected chi connectivity index (χ2v) is 7.76. The second-order valence-electron chi connectivity index (χ2n) is 6.85. The lowest BCUT2D eigenvalue weighted by molar-refractivity contribution is -0.124. The number of nitrogens with zero attached hydrogens (tertiary/aromatic N) is 1. The van der Waals surface area contributed by atoms with E-state index < -0.39 is 12.0 Å². The molecule has 142 valence electrons. The molecular weight excluding hydrogens is 420 g/mol. The number of amides is 1. The zero-order valence-electron chi connectivity index (χ0n) is 15.2. The standard InChI is InChI=1S/C22H19BrN2O3/c1-13-5-7-19-17(9-13)18-10-14(23)6-8-20(18)25(19)12-21(27)22(28)24-15-3-2-4-16(26)11-15/h2-11,21,26-27H,12H2,1H3,(H,24,28). The van der Waals surface area contributed by atoms with Gasteiger partial charge in [0.05, 0.1) is 6.54 Å². The summed E-state index contributed by atoms with van der Waals surface area (Å²) in [6.45, 7) is 2.16. The molecule has 5 nitrogen and oxygen atoms in total. The largest absolute Gasteiger partial charge is 0.508 e. The minimum absolute atomic E-state index is 0.0515. The Balaban J connectivity index is 1.69. The summed E-state index contributed by atoms with van der Waals surface area (Å²) in [6.07, 6.45) is -1.24. The number of aryl methyl sites for hydroxylation is 1. The SMILES string of the molecule is Cc1ccc2c(c1)c1cc(Br)ccc1n2CC(O)C(=O)Nc1cccc(O)c1. The third kappa shape index (κ3) is 3.48. The van der Waals surface area contributed by atoms with Gasteiger partial charge in [0.15, 0.2) is 6.10 Å². The van der Waals surface area contributed by atoms with E-state index in [0.29, 0.717) is 5.69 Å². The minimum atomic E-state index is -1.24. The summed E-state index contributed by atoms with van der Waals surface area (Å²) in [7, 11) is 0. The van der Waals surface area contributed by atoms with E-state index in [9.17, 15) is 15.0 Å². The fourth-order valence-corrected chi connectivity index (χ4v) is 3.81. The van der Waals surface area contributed by atoms with Crippen molar-refractivity contribution in [2.24, 2.45) is 0 Å². The lowest BCUT2D eigenvalue weighted by Gasteiger charge is -2.14. The number of rotatable bonds is 4. The smallest absolute Gasteiger partial charge is 0.255 e. The van der Waals surface area contributed by atoms with Crippen molar-refractivity contribution < 1.29 is 15.0 Å². The van der Waals surface area contributed by atoms with Crippen LogP contribution in [0.4, 0.5) is 5.69 Å². The molecule has 0 spiro atoms. The number of anilines is 1. The van der Waals surface area contributed by atoms with Crippen molar-refractivity contribution in [3.05, 3.63) is 70.7 Å². The van der Waals surface area contributed by atoms with Gasteiger partial charge in [-0.25, -0.2) is 0 Å². The van der Waals surface area contributed by atoms with E-state index in [1.807, 2.05) is 41.8 Å². The molecule has 3 aromatic carbocycles. The Labute approximate surface area is 170 Å². The van der Waals surface area contributed by atoms with Gasteiger partial charge in [-0.05, 0) is 49.4 Å². The van der Waals surface area contributed by atoms with Crippen molar-refractivity contribution in [2.45, 2.75) is 19.6 Å². The lowest BCUT2D eigenvalue weighted by atomic mass is 10.1. The number of hydrogen-bond acceptors (Lipinski definition) is 3. The topological polar surface area (TPSA) is 74.5 Å². The Bertz CT molecular complexity index is 1140. The maximum absolute atomic E-state index is 12.5.